The molecule has 0 amide bonds. The molecular formula is C16H19ClN2O. The van der Waals surface area contributed by atoms with Gasteiger partial charge in [0.2, 0.25) is 0 Å². The minimum absolute atomic E-state index is 0.501. The molecule has 1 aromatic carbocycles. The number of hydrogen-bond donors (Lipinski definition) is 0. The topological polar surface area (TPSA) is 25.4 Å². The van der Waals surface area contributed by atoms with Crippen LogP contribution in [0.2, 0.25) is 0 Å². The first-order valence-electron chi connectivity index (χ1n) is 6.50. The van der Waals surface area contributed by atoms with Gasteiger partial charge in [-0.15, -0.1) is 11.6 Å². The second-order valence-corrected chi connectivity index (χ2v) is 5.02. The van der Waals surface area contributed by atoms with Crippen molar-refractivity contribution in [2.45, 2.75) is 19.3 Å². The monoisotopic (exact) mass is 290 g/mol. The van der Waals surface area contributed by atoms with Crippen molar-refractivity contribution >= 4 is 17.4 Å². The van der Waals surface area contributed by atoms with Crippen molar-refractivity contribution in [3.63, 3.8) is 0 Å². The van der Waals surface area contributed by atoms with Gasteiger partial charge in [-0.25, -0.2) is 4.98 Å². The minimum atomic E-state index is 0.501. The van der Waals surface area contributed by atoms with E-state index in [0.29, 0.717) is 5.88 Å². The van der Waals surface area contributed by atoms with E-state index in [1.165, 1.54) is 5.56 Å². The second-order valence-electron chi connectivity index (χ2n) is 4.75. The number of aryl methyl sites for hydroxylation is 1. The van der Waals surface area contributed by atoms with Crippen molar-refractivity contribution in [2.24, 2.45) is 0 Å². The third-order valence-corrected chi connectivity index (χ3v) is 3.58. The Labute approximate surface area is 125 Å². The van der Waals surface area contributed by atoms with Crippen molar-refractivity contribution in [3.05, 3.63) is 53.2 Å². The molecular weight excluding hydrogens is 272 g/mol. The molecule has 2 rings (SSSR count). The molecule has 1 aromatic heterocycles. The van der Waals surface area contributed by atoms with Crippen LogP contribution in [-0.2, 0) is 12.4 Å². The maximum absolute atomic E-state index is 5.86. The van der Waals surface area contributed by atoms with E-state index in [9.17, 15) is 0 Å². The molecule has 20 heavy (non-hydrogen) atoms. The van der Waals surface area contributed by atoms with E-state index in [4.69, 9.17) is 16.3 Å². The number of rotatable bonds is 5. The van der Waals surface area contributed by atoms with Crippen LogP contribution in [0.5, 0.6) is 5.75 Å². The number of nitrogens with zero attached hydrogens (tertiary/aromatic N) is 2. The molecule has 0 saturated carbocycles. The quantitative estimate of drug-likeness (QED) is 0.784. The Morgan fingerprint density at radius 3 is 2.40 bits per heavy atom. The molecule has 0 fully saturated rings. The van der Waals surface area contributed by atoms with Crippen molar-refractivity contribution in [3.8, 4) is 5.75 Å². The summed E-state index contributed by atoms with van der Waals surface area (Å²) in [5.41, 5.74) is 3.28. The number of hydrogen-bond acceptors (Lipinski definition) is 3. The van der Waals surface area contributed by atoms with Crippen molar-refractivity contribution in [1.29, 1.82) is 0 Å². The highest BCUT2D eigenvalue weighted by Gasteiger charge is 2.06. The number of alkyl halides is 1. The minimum Gasteiger partial charge on any atom is -0.497 e. The molecule has 4 heteroatoms. The summed E-state index contributed by atoms with van der Waals surface area (Å²) in [5.74, 6) is 2.32. The fraction of sp³-hybridized carbons (Fsp3) is 0.312. The smallest absolute Gasteiger partial charge is 0.128 e. The normalized spacial score (nSPS) is 10.4. The van der Waals surface area contributed by atoms with Crippen LogP contribution < -0.4 is 9.64 Å². The summed E-state index contributed by atoms with van der Waals surface area (Å²) in [5, 5.41) is 0. The molecule has 1 heterocycles. The van der Waals surface area contributed by atoms with E-state index in [-0.39, 0.29) is 0 Å². The number of benzene rings is 1. The third-order valence-electron chi connectivity index (χ3n) is 3.29. The fourth-order valence-corrected chi connectivity index (χ4v) is 2.30. The number of methoxy groups -OCH3 is 1. The molecule has 3 nitrogen and oxygen atoms in total. The molecule has 0 aliphatic rings. The van der Waals surface area contributed by atoms with Gasteiger partial charge in [-0.3, -0.25) is 0 Å². The van der Waals surface area contributed by atoms with Crippen LogP contribution in [0.3, 0.4) is 0 Å². The van der Waals surface area contributed by atoms with Crippen molar-refractivity contribution < 1.29 is 4.74 Å². The summed E-state index contributed by atoms with van der Waals surface area (Å²) in [6, 6.07) is 12.1. The van der Waals surface area contributed by atoms with Crippen molar-refractivity contribution in [1.82, 2.24) is 4.98 Å². The number of halogens is 1. The van der Waals surface area contributed by atoms with Gasteiger partial charge in [-0.05, 0) is 36.2 Å². The summed E-state index contributed by atoms with van der Waals surface area (Å²) in [7, 11) is 3.71. The maximum Gasteiger partial charge on any atom is 0.128 e. The first-order valence-corrected chi connectivity index (χ1v) is 7.04. The fourth-order valence-electron chi connectivity index (χ4n) is 2.02. The molecule has 106 valence electrons. The van der Waals surface area contributed by atoms with Crippen LogP contribution in [0, 0.1) is 6.92 Å². The summed E-state index contributed by atoms with van der Waals surface area (Å²) in [4.78, 5) is 6.71. The van der Waals surface area contributed by atoms with Crippen molar-refractivity contribution in [2.75, 3.05) is 19.1 Å². The van der Waals surface area contributed by atoms with Crippen LogP contribution in [0.1, 0.15) is 16.8 Å². The van der Waals surface area contributed by atoms with E-state index < -0.39 is 0 Å². The third kappa shape index (κ3) is 3.42. The molecule has 0 saturated heterocycles. The van der Waals surface area contributed by atoms with Gasteiger partial charge in [0.25, 0.3) is 0 Å². The zero-order valence-electron chi connectivity index (χ0n) is 12.1. The van der Waals surface area contributed by atoms with E-state index >= 15 is 0 Å². The molecule has 0 unspecified atom stereocenters. The van der Waals surface area contributed by atoms with Gasteiger partial charge in [0.1, 0.15) is 11.6 Å². The highest BCUT2D eigenvalue weighted by Crippen LogP contribution is 2.18. The number of aromatic nitrogens is 1. The largest absolute Gasteiger partial charge is 0.497 e. The summed E-state index contributed by atoms with van der Waals surface area (Å²) in [6.45, 7) is 2.79. The number of anilines is 1. The Balaban J connectivity index is 2.10. The Morgan fingerprint density at radius 1 is 1.15 bits per heavy atom. The predicted molar refractivity (Wildman–Crippen MR) is 83.6 cm³/mol. The van der Waals surface area contributed by atoms with Gasteiger partial charge < -0.3 is 9.64 Å². The Hall–Kier alpha value is -1.74. The number of pyridine rings is 1. The van der Waals surface area contributed by atoms with Crippen LogP contribution in [0.4, 0.5) is 5.82 Å². The molecule has 0 N–H and O–H groups in total. The molecule has 0 bridgehead atoms. The summed E-state index contributed by atoms with van der Waals surface area (Å²) >= 11 is 5.86. The van der Waals surface area contributed by atoms with Gasteiger partial charge in [0.05, 0.1) is 7.11 Å². The van der Waals surface area contributed by atoms with E-state index in [0.717, 1.165) is 29.4 Å². The molecule has 0 aliphatic carbocycles. The lowest BCUT2D eigenvalue weighted by Gasteiger charge is -2.19. The first kappa shape index (κ1) is 14.7. The van der Waals surface area contributed by atoms with Gasteiger partial charge >= 0.3 is 0 Å². The molecule has 0 aliphatic heterocycles. The Bertz CT molecular complexity index is 569. The lowest BCUT2D eigenvalue weighted by molar-refractivity contribution is 0.414. The van der Waals surface area contributed by atoms with Crippen LogP contribution in [0.25, 0.3) is 0 Å². The van der Waals surface area contributed by atoms with Gasteiger partial charge in [0.15, 0.2) is 0 Å². The predicted octanol–water partition coefficient (Wildman–Crippen LogP) is 3.77. The van der Waals surface area contributed by atoms with E-state index in [1.807, 2.05) is 38.2 Å². The zero-order valence-corrected chi connectivity index (χ0v) is 12.8. The van der Waals surface area contributed by atoms with E-state index in [1.54, 1.807) is 7.11 Å². The second kappa shape index (κ2) is 6.62. The van der Waals surface area contributed by atoms with Gasteiger partial charge in [0, 0.05) is 25.2 Å². The highest BCUT2D eigenvalue weighted by atomic mass is 35.5. The standard InChI is InChI=1S/C16H19ClN2O/c1-12-14(10-17)6-9-16(18-12)19(2)11-13-4-7-15(20-3)8-5-13/h4-9H,10-11H2,1-3H3. The van der Waals surface area contributed by atoms with Gasteiger partial charge in [-0.2, -0.15) is 0 Å². The van der Waals surface area contributed by atoms with E-state index in [2.05, 4.69) is 22.0 Å². The summed E-state index contributed by atoms with van der Waals surface area (Å²) < 4.78 is 5.16. The van der Waals surface area contributed by atoms with Gasteiger partial charge in [-0.1, -0.05) is 18.2 Å². The maximum atomic E-state index is 5.86. The summed E-state index contributed by atoms with van der Waals surface area (Å²) in [6.07, 6.45) is 0. The van der Waals surface area contributed by atoms with Crippen LogP contribution in [0.15, 0.2) is 36.4 Å². The Morgan fingerprint density at radius 2 is 1.85 bits per heavy atom. The lowest BCUT2D eigenvalue weighted by atomic mass is 10.2. The van der Waals surface area contributed by atoms with Crippen LogP contribution in [-0.4, -0.2) is 19.1 Å². The molecule has 2 aromatic rings. The van der Waals surface area contributed by atoms with Crippen LogP contribution >= 0.6 is 11.6 Å². The molecule has 0 spiro atoms. The molecule has 0 atom stereocenters. The zero-order chi connectivity index (χ0) is 14.5. The average Bonchev–Trinajstić information content (AvgIpc) is 2.48. The first-order chi connectivity index (χ1) is 9.63. The Kier molecular flexibility index (Phi) is 4.85. The number of ether oxygens (including phenoxy) is 1. The average molecular weight is 291 g/mol. The lowest BCUT2D eigenvalue weighted by Crippen LogP contribution is -2.18. The molecule has 0 radical (unpaired) electrons. The highest BCUT2D eigenvalue weighted by molar-refractivity contribution is 6.17. The SMILES string of the molecule is COc1ccc(CN(C)c2ccc(CCl)c(C)n2)cc1.